The Balaban J connectivity index is 2.01. The molecule has 0 radical (unpaired) electrons. The van der Waals surface area contributed by atoms with Crippen molar-refractivity contribution in [3.05, 3.63) is 59.7 Å². The molecule has 0 aliphatic rings. The van der Waals surface area contributed by atoms with E-state index < -0.39 is 11.7 Å². The normalized spacial score (nSPS) is 11.8. The van der Waals surface area contributed by atoms with Gasteiger partial charge in [0.1, 0.15) is 0 Å². The Morgan fingerprint density at radius 1 is 1.10 bits per heavy atom. The van der Waals surface area contributed by atoms with Gasteiger partial charge in [0, 0.05) is 6.54 Å². The second-order valence-corrected chi connectivity index (χ2v) is 4.70. The van der Waals surface area contributed by atoms with Crippen molar-refractivity contribution in [3.63, 3.8) is 0 Å². The molecule has 2 aromatic rings. The van der Waals surface area contributed by atoms with Gasteiger partial charge in [0.2, 0.25) is 0 Å². The summed E-state index contributed by atoms with van der Waals surface area (Å²) < 4.78 is 0. The van der Waals surface area contributed by atoms with Crippen LogP contribution in [0.2, 0.25) is 0 Å². The maximum Gasteiger partial charge on any atom is 0.255 e. The SMILES string of the molecule is CC(CNC(=O)c1cccc(O)c1O)c1ccccc1. The van der Waals surface area contributed by atoms with E-state index in [0.29, 0.717) is 6.54 Å². The average Bonchev–Trinajstić information content (AvgIpc) is 2.48. The van der Waals surface area contributed by atoms with Gasteiger partial charge in [-0.2, -0.15) is 0 Å². The number of hydrogen-bond donors (Lipinski definition) is 3. The first kappa shape index (κ1) is 13.9. The number of benzene rings is 2. The predicted octanol–water partition coefficient (Wildman–Crippen LogP) is 2.63. The molecule has 4 heteroatoms. The summed E-state index contributed by atoms with van der Waals surface area (Å²) in [5.41, 5.74) is 1.21. The van der Waals surface area contributed by atoms with Crippen LogP contribution in [0.15, 0.2) is 48.5 Å². The molecule has 0 aliphatic carbocycles. The molecule has 0 heterocycles. The van der Waals surface area contributed by atoms with Crippen LogP contribution < -0.4 is 5.32 Å². The van der Waals surface area contributed by atoms with Crippen molar-refractivity contribution in [3.8, 4) is 11.5 Å². The second kappa shape index (κ2) is 6.10. The van der Waals surface area contributed by atoms with Gasteiger partial charge in [-0.05, 0) is 23.6 Å². The number of phenolic OH excluding ortho intramolecular Hbond substituents is 2. The number of aromatic hydroxyl groups is 2. The van der Waals surface area contributed by atoms with Gasteiger partial charge in [-0.15, -0.1) is 0 Å². The fourth-order valence-corrected chi connectivity index (χ4v) is 1.95. The first-order valence-corrected chi connectivity index (χ1v) is 6.43. The maximum absolute atomic E-state index is 12.0. The van der Waals surface area contributed by atoms with E-state index in [4.69, 9.17) is 0 Å². The number of hydrogen-bond acceptors (Lipinski definition) is 3. The quantitative estimate of drug-likeness (QED) is 0.749. The van der Waals surface area contributed by atoms with Crippen molar-refractivity contribution in [1.29, 1.82) is 0 Å². The van der Waals surface area contributed by atoms with Crippen molar-refractivity contribution < 1.29 is 15.0 Å². The molecule has 0 bridgehead atoms. The Hall–Kier alpha value is -2.49. The molecule has 2 aromatic carbocycles. The van der Waals surface area contributed by atoms with Crippen LogP contribution in [0.3, 0.4) is 0 Å². The van der Waals surface area contributed by atoms with E-state index in [1.54, 1.807) is 0 Å². The van der Waals surface area contributed by atoms with Gasteiger partial charge in [0.25, 0.3) is 5.91 Å². The zero-order valence-electron chi connectivity index (χ0n) is 11.2. The summed E-state index contributed by atoms with van der Waals surface area (Å²) in [5.74, 6) is -0.924. The van der Waals surface area contributed by atoms with E-state index in [2.05, 4.69) is 5.32 Å². The van der Waals surface area contributed by atoms with Gasteiger partial charge in [0.05, 0.1) is 5.56 Å². The number of phenols is 2. The lowest BCUT2D eigenvalue weighted by molar-refractivity contribution is 0.0948. The Bertz CT molecular complexity index is 596. The minimum atomic E-state index is -0.402. The smallest absolute Gasteiger partial charge is 0.255 e. The third kappa shape index (κ3) is 3.09. The highest BCUT2D eigenvalue weighted by molar-refractivity contribution is 5.97. The summed E-state index contributed by atoms with van der Waals surface area (Å²) >= 11 is 0. The zero-order chi connectivity index (χ0) is 14.5. The molecule has 0 aromatic heterocycles. The number of rotatable bonds is 4. The standard InChI is InChI=1S/C16H17NO3/c1-11(12-6-3-2-4-7-12)10-17-16(20)13-8-5-9-14(18)15(13)19/h2-9,11,18-19H,10H2,1H3,(H,17,20). The fraction of sp³-hybridized carbons (Fsp3) is 0.188. The maximum atomic E-state index is 12.0. The van der Waals surface area contributed by atoms with Crippen LogP contribution >= 0.6 is 0 Å². The van der Waals surface area contributed by atoms with Crippen LogP contribution in [0.5, 0.6) is 11.5 Å². The second-order valence-electron chi connectivity index (χ2n) is 4.70. The van der Waals surface area contributed by atoms with Crippen molar-refractivity contribution in [2.24, 2.45) is 0 Å². The molecule has 4 nitrogen and oxygen atoms in total. The summed E-state index contributed by atoms with van der Waals surface area (Å²) in [6, 6.07) is 14.2. The van der Waals surface area contributed by atoms with E-state index in [9.17, 15) is 15.0 Å². The minimum Gasteiger partial charge on any atom is -0.504 e. The lowest BCUT2D eigenvalue weighted by Gasteiger charge is -2.13. The first-order chi connectivity index (χ1) is 9.59. The lowest BCUT2D eigenvalue weighted by Crippen LogP contribution is -2.27. The molecule has 0 fully saturated rings. The van der Waals surface area contributed by atoms with Crippen LogP contribution in [-0.2, 0) is 0 Å². The molecule has 20 heavy (non-hydrogen) atoms. The van der Waals surface area contributed by atoms with E-state index in [-0.39, 0.29) is 17.2 Å². The molecule has 0 saturated heterocycles. The number of nitrogens with one attached hydrogen (secondary N) is 1. The molecule has 0 spiro atoms. The molecule has 0 aliphatic heterocycles. The summed E-state index contributed by atoms with van der Waals surface area (Å²) in [5, 5.41) is 21.8. The van der Waals surface area contributed by atoms with Crippen molar-refractivity contribution in [2.75, 3.05) is 6.54 Å². The van der Waals surface area contributed by atoms with Crippen LogP contribution in [-0.4, -0.2) is 22.7 Å². The Morgan fingerprint density at radius 2 is 1.80 bits per heavy atom. The predicted molar refractivity (Wildman–Crippen MR) is 77.0 cm³/mol. The van der Waals surface area contributed by atoms with Gasteiger partial charge in [-0.25, -0.2) is 0 Å². The molecule has 1 atom stereocenters. The third-order valence-electron chi connectivity index (χ3n) is 3.20. The van der Waals surface area contributed by atoms with Crippen LogP contribution in [0.25, 0.3) is 0 Å². The van der Waals surface area contributed by atoms with E-state index in [0.717, 1.165) is 5.56 Å². The summed E-state index contributed by atoms with van der Waals surface area (Å²) in [7, 11) is 0. The molecule has 2 rings (SSSR count). The van der Waals surface area contributed by atoms with Crippen molar-refractivity contribution in [2.45, 2.75) is 12.8 Å². The highest BCUT2D eigenvalue weighted by Gasteiger charge is 2.14. The largest absolute Gasteiger partial charge is 0.504 e. The van der Waals surface area contributed by atoms with E-state index >= 15 is 0 Å². The lowest BCUT2D eigenvalue weighted by atomic mass is 10.0. The van der Waals surface area contributed by atoms with Gasteiger partial charge < -0.3 is 15.5 Å². The average molecular weight is 271 g/mol. The highest BCUT2D eigenvalue weighted by Crippen LogP contribution is 2.28. The monoisotopic (exact) mass is 271 g/mol. The first-order valence-electron chi connectivity index (χ1n) is 6.43. The molecule has 1 amide bonds. The third-order valence-corrected chi connectivity index (χ3v) is 3.20. The number of para-hydroxylation sites is 1. The van der Waals surface area contributed by atoms with E-state index in [1.165, 1.54) is 18.2 Å². The zero-order valence-corrected chi connectivity index (χ0v) is 11.2. The van der Waals surface area contributed by atoms with Crippen LogP contribution in [0.1, 0.15) is 28.8 Å². The summed E-state index contributed by atoms with van der Waals surface area (Å²) in [6.07, 6.45) is 0. The number of carbonyl (C=O) groups is 1. The molecular formula is C16H17NO3. The minimum absolute atomic E-state index is 0.0743. The summed E-state index contributed by atoms with van der Waals surface area (Å²) in [6.45, 7) is 2.47. The van der Waals surface area contributed by atoms with Gasteiger partial charge in [0.15, 0.2) is 11.5 Å². The van der Waals surface area contributed by atoms with E-state index in [1.807, 2.05) is 37.3 Å². The Morgan fingerprint density at radius 3 is 2.50 bits per heavy atom. The van der Waals surface area contributed by atoms with Crippen molar-refractivity contribution in [1.82, 2.24) is 5.32 Å². The number of carbonyl (C=O) groups excluding carboxylic acids is 1. The molecule has 104 valence electrons. The molecular weight excluding hydrogens is 254 g/mol. The van der Waals surface area contributed by atoms with Gasteiger partial charge in [-0.3, -0.25) is 4.79 Å². The van der Waals surface area contributed by atoms with Crippen molar-refractivity contribution >= 4 is 5.91 Å². The Kier molecular flexibility index (Phi) is 4.25. The van der Waals surface area contributed by atoms with Crippen LogP contribution in [0.4, 0.5) is 0 Å². The number of amides is 1. The fourth-order valence-electron chi connectivity index (χ4n) is 1.95. The molecule has 0 saturated carbocycles. The summed E-state index contributed by atoms with van der Waals surface area (Å²) in [4.78, 5) is 12.0. The molecule has 3 N–H and O–H groups in total. The topological polar surface area (TPSA) is 69.6 Å². The Labute approximate surface area is 117 Å². The van der Waals surface area contributed by atoms with Gasteiger partial charge in [-0.1, -0.05) is 43.3 Å². The van der Waals surface area contributed by atoms with Crippen LogP contribution in [0, 0.1) is 0 Å². The highest BCUT2D eigenvalue weighted by atomic mass is 16.3. The molecule has 1 unspecified atom stereocenters. The van der Waals surface area contributed by atoms with Gasteiger partial charge >= 0.3 is 0 Å².